The van der Waals surface area contributed by atoms with Gasteiger partial charge in [-0.3, -0.25) is 4.90 Å². The highest BCUT2D eigenvalue weighted by Crippen LogP contribution is 2.21. The topological polar surface area (TPSA) is 3.24 Å². The van der Waals surface area contributed by atoms with E-state index in [9.17, 15) is 4.39 Å². The molecule has 1 unspecified atom stereocenters. The van der Waals surface area contributed by atoms with Crippen LogP contribution in [0, 0.1) is 5.82 Å². The maximum absolute atomic E-state index is 13.2. The molecule has 15 heavy (non-hydrogen) atoms. The Morgan fingerprint density at radius 2 is 2.33 bits per heavy atom. The van der Waals surface area contributed by atoms with Crippen LogP contribution in [-0.2, 0) is 6.54 Å². The van der Waals surface area contributed by atoms with Crippen molar-refractivity contribution in [1.29, 1.82) is 0 Å². The molecule has 0 radical (unpaired) electrons. The SMILES string of the molecule is Fc1cc(CN2CCC(Br)C2)ccc1Cl. The van der Waals surface area contributed by atoms with Crippen LogP contribution in [0.3, 0.4) is 0 Å². The van der Waals surface area contributed by atoms with Crippen molar-refractivity contribution in [2.24, 2.45) is 0 Å². The molecule has 1 aliphatic rings. The number of likely N-dealkylation sites (tertiary alicyclic amines) is 1. The van der Waals surface area contributed by atoms with Gasteiger partial charge < -0.3 is 0 Å². The van der Waals surface area contributed by atoms with Gasteiger partial charge >= 0.3 is 0 Å². The van der Waals surface area contributed by atoms with Crippen molar-refractivity contribution >= 4 is 27.5 Å². The first-order chi connectivity index (χ1) is 7.15. The summed E-state index contributed by atoms with van der Waals surface area (Å²) < 4.78 is 13.2. The van der Waals surface area contributed by atoms with Gasteiger partial charge in [0.2, 0.25) is 0 Å². The summed E-state index contributed by atoms with van der Waals surface area (Å²) in [5, 5.41) is 0.193. The summed E-state index contributed by atoms with van der Waals surface area (Å²) >= 11 is 9.21. The van der Waals surface area contributed by atoms with Gasteiger partial charge in [0.1, 0.15) is 5.82 Å². The molecule has 1 saturated heterocycles. The molecule has 0 bridgehead atoms. The Labute approximate surface area is 102 Å². The summed E-state index contributed by atoms with van der Waals surface area (Å²) in [4.78, 5) is 2.89. The predicted octanol–water partition coefficient (Wildman–Crippen LogP) is 3.45. The van der Waals surface area contributed by atoms with Crippen LogP contribution in [0.1, 0.15) is 12.0 Å². The van der Waals surface area contributed by atoms with Crippen LogP contribution in [0.4, 0.5) is 4.39 Å². The fraction of sp³-hybridized carbons (Fsp3) is 0.455. The molecule has 0 saturated carbocycles. The van der Waals surface area contributed by atoms with E-state index in [-0.39, 0.29) is 10.8 Å². The van der Waals surface area contributed by atoms with Crippen LogP contribution in [0.25, 0.3) is 0 Å². The van der Waals surface area contributed by atoms with Crippen LogP contribution >= 0.6 is 27.5 Å². The zero-order valence-electron chi connectivity index (χ0n) is 8.22. The Hall–Kier alpha value is -0.120. The molecule has 2 rings (SSSR count). The third kappa shape index (κ3) is 2.92. The van der Waals surface area contributed by atoms with Gasteiger partial charge in [0.25, 0.3) is 0 Å². The number of rotatable bonds is 2. The van der Waals surface area contributed by atoms with Gasteiger partial charge in [0.15, 0.2) is 0 Å². The predicted molar refractivity (Wildman–Crippen MR) is 64.0 cm³/mol. The highest BCUT2D eigenvalue weighted by molar-refractivity contribution is 9.09. The van der Waals surface area contributed by atoms with E-state index in [0.29, 0.717) is 4.83 Å². The first-order valence-electron chi connectivity index (χ1n) is 4.95. The van der Waals surface area contributed by atoms with E-state index in [1.807, 2.05) is 6.07 Å². The van der Waals surface area contributed by atoms with Crippen molar-refractivity contribution in [3.8, 4) is 0 Å². The van der Waals surface area contributed by atoms with Crippen molar-refractivity contribution in [2.45, 2.75) is 17.8 Å². The molecule has 82 valence electrons. The van der Waals surface area contributed by atoms with Gasteiger partial charge in [-0.15, -0.1) is 0 Å². The van der Waals surface area contributed by atoms with Crippen LogP contribution in [0.5, 0.6) is 0 Å². The van der Waals surface area contributed by atoms with E-state index >= 15 is 0 Å². The van der Waals surface area contributed by atoms with Crippen LogP contribution in [0.15, 0.2) is 18.2 Å². The van der Waals surface area contributed by atoms with Gasteiger partial charge in [-0.25, -0.2) is 4.39 Å². The standard InChI is InChI=1S/C11H12BrClFN/c12-9-3-4-15(7-9)6-8-1-2-10(13)11(14)5-8/h1-2,5,9H,3-4,6-7H2. The Balaban J connectivity index is 2.02. The van der Waals surface area contributed by atoms with Crippen LogP contribution in [0.2, 0.25) is 5.02 Å². The Morgan fingerprint density at radius 3 is 2.93 bits per heavy atom. The molecule has 1 fully saturated rings. The smallest absolute Gasteiger partial charge is 0.142 e. The molecule has 1 aromatic carbocycles. The number of benzene rings is 1. The van der Waals surface area contributed by atoms with Crippen molar-refractivity contribution in [2.75, 3.05) is 13.1 Å². The molecule has 4 heteroatoms. The molecular formula is C11H12BrClFN. The van der Waals surface area contributed by atoms with Crippen molar-refractivity contribution in [3.05, 3.63) is 34.6 Å². The summed E-state index contributed by atoms with van der Waals surface area (Å²) in [5.41, 5.74) is 0.985. The van der Waals surface area contributed by atoms with E-state index < -0.39 is 0 Å². The highest BCUT2D eigenvalue weighted by atomic mass is 79.9. The second kappa shape index (κ2) is 4.81. The second-order valence-corrected chi connectivity index (χ2v) is 5.57. The molecule has 1 aliphatic heterocycles. The van der Waals surface area contributed by atoms with E-state index in [0.717, 1.165) is 31.6 Å². The molecule has 0 spiro atoms. The third-order valence-electron chi connectivity index (χ3n) is 2.61. The zero-order valence-corrected chi connectivity index (χ0v) is 10.6. The molecule has 1 atom stereocenters. The maximum atomic E-state index is 13.2. The molecule has 0 N–H and O–H groups in total. The first-order valence-corrected chi connectivity index (χ1v) is 6.25. The fourth-order valence-electron chi connectivity index (χ4n) is 1.83. The van der Waals surface area contributed by atoms with Gasteiger partial charge in [-0.2, -0.15) is 0 Å². The number of hydrogen-bond donors (Lipinski definition) is 0. The van der Waals surface area contributed by atoms with Crippen molar-refractivity contribution < 1.29 is 4.39 Å². The lowest BCUT2D eigenvalue weighted by atomic mass is 10.2. The summed E-state index contributed by atoms with van der Waals surface area (Å²) in [6, 6.07) is 5.02. The minimum atomic E-state index is -0.330. The summed E-state index contributed by atoms with van der Waals surface area (Å²) in [6.45, 7) is 2.90. The van der Waals surface area contributed by atoms with E-state index in [2.05, 4.69) is 20.8 Å². The minimum Gasteiger partial charge on any atom is -0.298 e. The van der Waals surface area contributed by atoms with E-state index in [1.54, 1.807) is 6.07 Å². The zero-order chi connectivity index (χ0) is 10.8. The second-order valence-electron chi connectivity index (χ2n) is 3.87. The summed E-state index contributed by atoms with van der Waals surface area (Å²) in [6.07, 6.45) is 1.16. The summed E-state index contributed by atoms with van der Waals surface area (Å²) in [5.74, 6) is -0.330. The molecule has 1 nitrogen and oxygen atoms in total. The minimum absolute atomic E-state index is 0.193. The van der Waals surface area contributed by atoms with Crippen LogP contribution < -0.4 is 0 Å². The van der Waals surface area contributed by atoms with Gasteiger partial charge in [-0.05, 0) is 30.7 Å². The Bertz CT molecular complexity index is 358. The molecule has 1 aromatic rings. The molecule has 0 aromatic heterocycles. The van der Waals surface area contributed by atoms with E-state index in [4.69, 9.17) is 11.6 Å². The van der Waals surface area contributed by atoms with Gasteiger partial charge in [0, 0.05) is 17.9 Å². The monoisotopic (exact) mass is 291 g/mol. The Kier molecular flexibility index (Phi) is 3.65. The molecule has 0 amide bonds. The molecule has 0 aliphatic carbocycles. The average Bonchev–Trinajstić information content (AvgIpc) is 2.58. The first kappa shape index (κ1) is 11.4. The Morgan fingerprint density at radius 1 is 1.53 bits per heavy atom. The largest absolute Gasteiger partial charge is 0.298 e. The lowest BCUT2D eigenvalue weighted by molar-refractivity contribution is 0.332. The molecular weight excluding hydrogens is 280 g/mol. The highest BCUT2D eigenvalue weighted by Gasteiger charge is 2.19. The lowest BCUT2D eigenvalue weighted by Crippen LogP contribution is -2.20. The summed E-state index contributed by atoms with van der Waals surface area (Å²) in [7, 11) is 0. The number of hydrogen-bond acceptors (Lipinski definition) is 1. The maximum Gasteiger partial charge on any atom is 0.142 e. The third-order valence-corrected chi connectivity index (χ3v) is 3.66. The number of halogens is 3. The number of alkyl halides is 1. The normalized spacial score (nSPS) is 22.2. The molecule has 1 heterocycles. The van der Waals surface area contributed by atoms with Crippen molar-refractivity contribution in [1.82, 2.24) is 4.90 Å². The van der Waals surface area contributed by atoms with Gasteiger partial charge in [-0.1, -0.05) is 33.6 Å². The van der Waals surface area contributed by atoms with Crippen LogP contribution in [-0.4, -0.2) is 22.8 Å². The van der Waals surface area contributed by atoms with Crippen molar-refractivity contribution in [3.63, 3.8) is 0 Å². The average molecular weight is 293 g/mol. The fourth-order valence-corrected chi connectivity index (χ4v) is 2.56. The van der Waals surface area contributed by atoms with Gasteiger partial charge in [0.05, 0.1) is 5.02 Å². The lowest BCUT2D eigenvalue weighted by Gasteiger charge is -2.14. The van der Waals surface area contributed by atoms with E-state index in [1.165, 1.54) is 6.07 Å². The number of nitrogens with zero attached hydrogens (tertiary/aromatic N) is 1. The quantitative estimate of drug-likeness (QED) is 0.755.